The molecule has 0 aliphatic heterocycles. The van der Waals surface area contributed by atoms with Crippen LogP contribution in [0.5, 0.6) is 5.75 Å². The zero-order chi connectivity index (χ0) is 22.1. The maximum Gasteiger partial charge on any atom is 0.339 e. The number of hydrogen-bond donors (Lipinski definition) is 3. The molecule has 0 saturated heterocycles. The lowest BCUT2D eigenvalue weighted by molar-refractivity contribution is -0.123. The molecule has 160 valence electrons. The van der Waals surface area contributed by atoms with Gasteiger partial charge in [0.1, 0.15) is 11.9 Å². The number of nitrogens with one attached hydrogen (secondary N) is 3. The number of esters is 1. The van der Waals surface area contributed by atoms with E-state index in [1.165, 1.54) is 7.11 Å². The summed E-state index contributed by atoms with van der Waals surface area (Å²) in [5.74, 6) is -0.576. The summed E-state index contributed by atoms with van der Waals surface area (Å²) in [6, 6.07) is 15.3. The largest absolute Gasteiger partial charge is 0.484 e. The van der Waals surface area contributed by atoms with Gasteiger partial charge in [0.15, 0.2) is 11.7 Å². The Balaban J connectivity index is 2.00. The van der Waals surface area contributed by atoms with Gasteiger partial charge in [0, 0.05) is 0 Å². The summed E-state index contributed by atoms with van der Waals surface area (Å²) in [6.07, 6.45) is -1.18. The Kier molecular flexibility index (Phi) is 8.98. The highest BCUT2D eigenvalue weighted by Gasteiger charge is 2.34. The van der Waals surface area contributed by atoms with Crippen LogP contribution < -0.4 is 20.7 Å². The number of ether oxygens (including phenoxy) is 2. The highest BCUT2D eigenvalue weighted by Crippen LogP contribution is 2.29. The van der Waals surface area contributed by atoms with Crippen LogP contribution in [0, 0.1) is 0 Å². The van der Waals surface area contributed by atoms with E-state index in [9.17, 15) is 9.59 Å². The second-order valence-electron chi connectivity index (χ2n) is 5.78. The van der Waals surface area contributed by atoms with Gasteiger partial charge in [0.25, 0.3) is 5.91 Å². The molecule has 2 aromatic rings. The molecule has 2 aromatic carbocycles. The van der Waals surface area contributed by atoms with E-state index in [0.717, 1.165) is 0 Å². The number of amides is 1. The minimum Gasteiger partial charge on any atom is -0.484 e. The lowest BCUT2D eigenvalue weighted by atomic mass is 10.2. The topological polar surface area (TPSA) is 88.7 Å². The molecule has 2 rings (SSSR count). The number of para-hydroxylation sites is 2. The average molecular weight is 491 g/mol. The van der Waals surface area contributed by atoms with Crippen molar-refractivity contribution in [2.75, 3.05) is 19.0 Å². The standard InChI is InChI=1S/C19H18Cl3N3O4S/c1-28-16(27)13-9-5-6-10-14(13)23-18(30)25-17(19(20,21)22)24-15(26)11-29-12-7-3-2-4-8-12/h2-10,17H,11H2,1H3,(H,24,26)(H2,23,25,30). The van der Waals surface area contributed by atoms with E-state index in [4.69, 9.17) is 56.5 Å². The summed E-state index contributed by atoms with van der Waals surface area (Å²) in [5.41, 5.74) is 0.638. The van der Waals surface area contributed by atoms with Crippen LogP contribution in [0.25, 0.3) is 0 Å². The van der Waals surface area contributed by atoms with Crippen LogP contribution in [-0.4, -0.2) is 40.7 Å². The molecule has 0 aliphatic carbocycles. The highest BCUT2D eigenvalue weighted by molar-refractivity contribution is 7.80. The molecule has 1 amide bonds. The molecule has 0 aliphatic rings. The molecule has 3 N–H and O–H groups in total. The van der Waals surface area contributed by atoms with Gasteiger partial charge in [0.2, 0.25) is 3.79 Å². The first-order chi connectivity index (χ1) is 14.2. The molecule has 7 nitrogen and oxygen atoms in total. The van der Waals surface area contributed by atoms with Crippen LogP contribution in [-0.2, 0) is 9.53 Å². The summed E-state index contributed by atoms with van der Waals surface area (Å²) in [5, 5.41) is 8.03. The van der Waals surface area contributed by atoms with Crippen LogP contribution in [0.15, 0.2) is 54.6 Å². The first-order valence-corrected chi connectivity index (χ1v) is 10.0. The van der Waals surface area contributed by atoms with Crippen LogP contribution in [0.2, 0.25) is 0 Å². The SMILES string of the molecule is COC(=O)c1ccccc1NC(=S)NC(NC(=O)COc1ccccc1)C(Cl)(Cl)Cl. The lowest BCUT2D eigenvalue weighted by Gasteiger charge is -2.28. The molecule has 0 radical (unpaired) electrons. The Bertz CT molecular complexity index is 894. The van der Waals surface area contributed by atoms with Crippen LogP contribution >= 0.6 is 47.0 Å². The quantitative estimate of drug-likeness (QED) is 0.236. The number of carbonyl (C=O) groups is 2. The van der Waals surface area contributed by atoms with Gasteiger partial charge in [0.05, 0.1) is 18.4 Å². The first-order valence-electron chi connectivity index (χ1n) is 8.49. The Labute approximate surface area is 194 Å². The monoisotopic (exact) mass is 489 g/mol. The van der Waals surface area contributed by atoms with Gasteiger partial charge in [-0.1, -0.05) is 65.1 Å². The third-order valence-corrected chi connectivity index (χ3v) is 4.48. The predicted molar refractivity (Wildman–Crippen MR) is 121 cm³/mol. The number of hydrogen-bond acceptors (Lipinski definition) is 5. The Morgan fingerprint density at radius 2 is 1.67 bits per heavy atom. The number of alkyl halides is 3. The Morgan fingerprint density at radius 3 is 2.30 bits per heavy atom. The summed E-state index contributed by atoms with van der Waals surface area (Å²) in [7, 11) is 1.27. The summed E-state index contributed by atoms with van der Waals surface area (Å²) < 4.78 is 8.17. The first kappa shape index (κ1) is 24.0. The van der Waals surface area contributed by atoms with Gasteiger partial charge in [-0.3, -0.25) is 4.79 Å². The van der Waals surface area contributed by atoms with Crippen molar-refractivity contribution in [1.82, 2.24) is 10.6 Å². The number of thiocarbonyl (C=S) groups is 1. The van der Waals surface area contributed by atoms with Crippen molar-refractivity contribution in [3.05, 3.63) is 60.2 Å². The maximum atomic E-state index is 12.2. The molecule has 30 heavy (non-hydrogen) atoms. The number of benzene rings is 2. The van der Waals surface area contributed by atoms with Crippen LogP contribution in [0.1, 0.15) is 10.4 Å². The van der Waals surface area contributed by atoms with Gasteiger partial charge >= 0.3 is 5.97 Å². The van der Waals surface area contributed by atoms with E-state index in [-0.39, 0.29) is 17.3 Å². The van der Waals surface area contributed by atoms with Crippen molar-refractivity contribution in [2.24, 2.45) is 0 Å². The third kappa shape index (κ3) is 7.53. The summed E-state index contributed by atoms with van der Waals surface area (Å²) >= 11 is 23.1. The van der Waals surface area contributed by atoms with Crippen molar-refractivity contribution in [1.29, 1.82) is 0 Å². The second kappa shape index (κ2) is 11.2. The van der Waals surface area contributed by atoms with Crippen LogP contribution in [0.4, 0.5) is 5.69 Å². The van der Waals surface area contributed by atoms with Crippen molar-refractivity contribution in [3.8, 4) is 5.75 Å². The summed E-state index contributed by atoms with van der Waals surface area (Å²) in [4.78, 5) is 24.1. The number of anilines is 1. The Morgan fingerprint density at radius 1 is 1.03 bits per heavy atom. The van der Waals surface area contributed by atoms with Crippen molar-refractivity contribution < 1.29 is 19.1 Å². The highest BCUT2D eigenvalue weighted by atomic mass is 35.6. The molecular weight excluding hydrogens is 473 g/mol. The van der Waals surface area contributed by atoms with E-state index < -0.39 is 21.8 Å². The van der Waals surface area contributed by atoms with E-state index in [2.05, 4.69) is 16.0 Å². The van der Waals surface area contributed by atoms with Crippen LogP contribution in [0.3, 0.4) is 0 Å². The van der Waals surface area contributed by atoms with Crippen molar-refractivity contribution >= 4 is 69.7 Å². The fraction of sp³-hybridized carbons (Fsp3) is 0.211. The zero-order valence-electron chi connectivity index (χ0n) is 15.7. The molecule has 0 spiro atoms. The smallest absolute Gasteiger partial charge is 0.339 e. The molecule has 0 bridgehead atoms. The number of halogens is 3. The van der Waals surface area contributed by atoms with E-state index in [1.807, 2.05) is 6.07 Å². The zero-order valence-corrected chi connectivity index (χ0v) is 18.7. The minimum atomic E-state index is -1.93. The summed E-state index contributed by atoms with van der Waals surface area (Å²) in [6.45, 7) is -0.297. The molecule has 0 fully saturated rings. The van der Waals surface area contributed by atoms with Gasteiger partial charge < -0.3 is 25.4 Å². The fourth-order valence-corrected chi connectivity index (χ4v) is 2.79. The molecule has 0 saturated carbocycles. The normalized spacial score (nSPS) is 11.7. The molecular formula is C19H18Cl3N3O4S. The molecule has 1 unspecified atom stereocenters. The molecule has 0 aromatic heterocycles. The van der Waals surface area contributed by atoms with E-state index in [1.54, 1.807) is 48.5 Å². The number of rotatable bonds is 7. The molecule has 11 heteroatoms. The van der Waals surface area contributed by atoms with Gasteiger partial charge in [-0.2, -0.15) is 0 Å². The fourth-order valence-electron chi connectivity index (χ4n) is 2.24. The van der Waals surface area contributed by atoms with Crippen molar-refractivity contribution in [2.45, 2.75) is 9.96 Å². The van der Waals surface area contributed by atoms with E-state index >= 15 is 0 Å². The Hall–Kier alpha value is -2.26. The van der Waals surface area contributed by atoms with Gasteiger partial charge in [-0.25, -0.2) is 4.79 Å². The minimum absolute atomic E-state index is 0.00644. The lowest BCUT2D eigenvalue weighted by Crippen LogP contribution is -2.57. The predicted octanol–water partition coefficient (Wildman–Crippen LogP) is 3.65. The van der Waals surface area contributed by atoms with Crippen molar-refractivity contribution in [3.63, 3.8) is 0 Å². The maximum absolute atomic E-state index is 12.2. The third-order valence-electron chi connectivity index (χ3n) is 3.60. The second-order valence-corrected chi connectivity index (χ2v) is 8.56. The number of methoxy groups -OCH3 is 1. The molecule has 1 atom stereocenters. The van der Waals surface area contributed by atoms with Gasteiger partial charge in [-0.05, 0) is 36.5 Å². The van der Waals surface area contributed by atoms with E-state index in [0.29, 0.717) is 11.4 Å². The average Bonchev–Trinajstić information content (AvgIpc) is 2.71. The van der Waals surface area contributed by atoms with Gasteiger partial charge in [-0.15, -0.1) is 0 Å². The molecule has 0 heterocycles. The number of carbonyl (C=O) groups excluding carboxylic acids is 2.